The predicted octanol–water partition coefficient (Wildman–Crippen LogP) is 17.6. The number of hydrogen-bond donors (Lipinski definition) is 1. The van der Waals surface area contributed by atoms with Crippen LogP contribution in [-0.4, -0.2) is 35.1 Å². The fraction of sp³-hybridized carbons (Fsp3) is 0.980. The lowest BCUT2D eigenvalue weighted by Crippen LogP contribution is -2.36. The number of carboxylic acid groups (broad SMARTS) is 1. The molecule has 0 aromatic rings. The molecule has 1 atom stereocenters. The third kappa shape index (κ3) is 44.0. The Morgan fingerprint density at radius 1 is 0.340 bits per heavy atom. The van der Waals surface area contributed by atoms with E-state index in [4.69, 9.17) is 0 Å². The highest BCUT2D eigenvalue weighted by atomic mass is 16.4. The lowest BCUT2D eigenvalue weighted by Gasteiger charge is -2.28. The van der Waals surface area contributed by atoms with E-state index in [2.05, 4.69) is 25.7 Å². The van der Waals surface area contributed by atoms with Gasteiger partial charge in [-0.2, -0.15) is 0 Å². The number of carbonyl (C=O) groups is 1. The zero-order valence-corrected chi connectivity index (χ0v) is 37.2. The quantitative estimate of drug-likeness (QED) is 0.0630. The van der Waals surface area contributed by atoms with Gasteiger partial charge >= 0.3 is 5.97 Å². The molecule has 0 radical (unpaired) electrons. The molecule has 0 spiro atoms. The molecule has 0 bridgehead atoms. The first-order chi connectivity index (χ1) is 26.1. The Bertz CT molecular complexity index is 634. The largest absolute Gasteiger partial charge is 0.481 e. The molecule has 3 nitrogen and oxygen atoms in total. The Balaban J connectivity index is 3.58. The smallest absolute Gasteiger partial charge is 0.304 e. The molecule has 0 aromatic heterocycles. The second-order valence-corrected chi connectivity index (χ2v) is 17.6. The molecule has 1 N–H and O–H groups in total. The Morgan fingerprint density at radius 2 is 0.509 bits per heavy atom. The zero-order chi connectivity index (χ0) is 38.6. The summed E-state index contributed by atoms with van der Waals surface area (Å²) in [5.41, 5.74) is 0. The van der Waals surface area contributed by atoms with Crippen molar-refractivity contribution in [1.29, 1.82) is 0 Å². The van der Waals surface area contributed by atoms with E-state index >= 15 is 0 Å². The van der Waals surface area contributed by atoms with Crippen LogP contribution in [-0.2, 0) is 4.79 Å². The van der Waals surface area contributed by atoms with E-state index in [9.17, 15) is 9.90 Å². The molecular weight excluding hydrogens is 647 g/mol. The van der Waals surface area contributed by atoms with Crippen LogP contribution in [0.5, 0.6) is 0 Å². The van der Waals surface area contributed by atoms with E-state index in [0.29, 0.717) is 0 Å². The summed E-state index contributed by atoms with van der Waals surface area (Å²) in [6, 6.07) is 0.155. The molecule has 0 amide bonds. The first-order valence-corrected chi connectivity index (χ1v) is 25.1. The first kappa shape index (κ1) is 52.4. The van der Waals surface area contributed by atoms with Crippen molar-refractivity contribution in [2.45, 2.75) is 303 Å². The highest BCUT2D eigenvalue weighted by Crippen LogP contribution is 2.18. The standard InChI is InChI=1S/C50H101NO2/c1-4-6-8-10-12-14-16-18-20-22-24-26-28-30-32-34-36-38-40-42-44-46-51(49(3)48-50(52)53)47-45-43-41-39-37-35-33-31-29-27-25-23-21-19-17-15-13-11-9-7-5-2/h49H,4-48H2,1-3H3,(H,52,53). The van der Waals surface area contributed by atoms with Gasteiger partial charge in [-0.05, 0) is 32.9 Å². The highest BCUT2D eigenvalue weighted by molar-refractivity contribution is 5.67. The maximum atomic E-state index is 11.4. The maximum absolute atomic E-state index is 11.4. The average Bonchev–Trinajstić information content (AvgIpc) is 3.14. The molecule has 0 saturated heterocycles. The fourth-order valence-electron chi connectivity index (χ4n) is 8.43. The van der Waals surface area contributed by atoms with Gasteiger partial charge in [-0.1, -0.05) is 271 Å². The number of rotatable bonds is 47. The van der Waals surface area contributed by atoms with Gasteiger partial charge in [0.25, 0.3) is 0 Å². The minimum Gasteiger partial charge on any atom is -0.481 e. The van der Waals surface area contributed by atoms with E-state index in [1.807, 2.05) is 0 Å². The lowest BCUT2D eigenvalue weighted by atomic mass is 10.0. The average molecular weight is 748 g/mol. The second-order valence-electron chi connectivity index (χ2n) is 17.6. The molecule has 53 heavy (non-hydrogen) atoms. The monoisotopic (exact) mass is 748 g/mol. The Labute approximate surface area is 335 Å². The molecule has 0 saturated carbocycles. The normalized spacial score (nSPS) is 12.3. The van der Waals surface area contributed by atoms with Crippen molar-refractivity contribution in [2.24, 2.45) is 0 Å². The maximum Gasteiger partial charge on any atom is 0.304 e. The molecule has 0 aliphatic heterocycles. The second kappa shape index (κ2) is 45.8. The predicted molar refractivity (Wildman–Crippen MR) is 239 cm³/mol. The minimum atomic E-state index is -0.653. The molecule has 0 fully saturated rings. The number of nitrogens with zero attached hydrogens (tertiary/aromatic N) is 1. The van der Waals surface area contributed by atoms with Crippen LogP contribution in [0.15, 0.2) is 0 Å². The van der Waals surface area contributed by atoms with Crippen LogP contribution in [0.4, 0.5) is 0 Å². The SMILES string of the molecule is CCCCCCCCCCCCCCCCCCCCCCCN(CCCCCCCCCCCCCCCCCCCCCCC)C(C)CC(=O)O. The minimum absolute atomic E-state index is 0.155. The van der Waals surface area contributed by atoms with Crippen molar-refractivity contribution in [2.75, 3.05) is 13.1 Å². The van der Waals surface area contributed by atoms with Crippen LogP contribution < -0.4 is 0 Å². The van der Waals surface area contributed by atoms with Crippen molar-refractivity contribution in [3.05, 3.63) is 0 Å². The van der Waals surface area contributed by atoms with Crippen molar-refractivity contribution in [1.82, 2.24) is 4.90 Å². The van der Waals surface area contributed by atoms with Crippen LogP contribution in [0.3, 0.4) is 0 Å². The number of unbranched alkanes of at least 4 members (excludes halogenated alkanes) is 40. The van der Waals surface area contributed by atoms with Crippen molar-refractivity contribution in [3.8, 4) is 0 Å². The molecule has 0 aromatic carbocycles. The van der Waals surface area contributed by atoms with Gasteiger partial charge in [0.1, 0.15) is 0 Å². The van der Waals surface area contributed by atoms with E-state index in [1.165, 1.54) is 270 Å². The van der Waals surface area contributed by atoms with Gasteiger partial charge in [0.2, 0.25) is 0 Å². The Kier molecular flexibility index (Phi) is 45.3. The van der Waals surface area contributed by atoms with Crippen molar-refractivity contribution >= 4 is 5.97 Å². The molecular formula is C50H101NO2. The molecule has 3 heteroatoms. The van der Waals surface area contributed by atoms with Crippen LogP contribution in [0.2, 0.25) is 0 Å². The highest BCUT2D eigenvalue weighted by Gasteiger charge is 2.16. The first-order valence-electron chi connectivity index (χ1n) is 25.1. The third-order valence-electron chi connectivity index (χ3n) is 12.2. The molecule has 0 rings (SSSR count). The summed E-state index contributed by atoms with van der Waals surface area (Å²) in [4.78, 5) is 13.9. The fourth-order valence-corrected chi connectivity index (χ4v) is 8.43. The molecule has 0 aliphatic rings. The molecule has 0 aliphatic carbocycles. The molecule has 1 unspecified atom stereocenters. The van der Waals surface area contributed by atoms with Gasteiger partial charge in [0.05, 0.1) is 6.42 Å². The van der Waals surface area contributed by atoms with Crippen molar-refractivity contribution in [3.63, 3.8) is 0 Å². The number of hydrogen-bond acceptors (Lipinski definition) is 2. The Hall–Kier alpha value is -0.570. The summed E-state index contributed by atoms with van der Waals surface area (Å²) in [6.45, 7) is 8.88. The van der Waals surface area contributed by atoms with Crippen LogP contribution in [0, 0.1) is 0 Å². The van der Waals surface area contributed by atoms with Gasteiger partial charge in [-0.15, -0.1) is 0 Å². The topological polar surface area (TPSA) is 40.5 Å². The molecule has 318 valence electrons. The summed E-state index contributed by atoms with van der Waals surface area (Å²) in [5, 5.41) is 9.40. The number of carboxylic acids is 1. The van der Waals surface area contributed by atoms with Gasteiger partial charge in [-0.25, -0.2) is 0 Å². The van der Waals surface area contributed by atoms with E-state index in [-0.39, 0.29) is 12.5 Å². The number of aliphatic carboxylic acids is 1. The molecule has 0 heterocycles. The summed E-state index contributed by atoms with van der Waals surface area (Å²) >= 11 is 0. The van der Waals surface area contributed by atoms with Gasteiger partial charge in [0, 0.05) is 6.04 Å². The third-order valence-corrected chi connectivity index (χ3v) is 12.2. The van der Waals surface area contributed by atoms with Crippen LogP contribution in [0.25, 0.3) is 0 Å². The summed E-state index contributed by atoms with van der Waals surface area (Å²) in [5.74, 6) is -0.653. The van der Waals surface area contributed by atoms with Crippen LogP contribution in [0.1, 0.15) is 297 Å². The summed E-state index contributed by atoms with van der Waals surface area (Å²) in [7, 11) is 0. The van der Waals surface area contributed by atoms with Gasteiger partial charge in [0.15, 0.2) is 0 Å². The van der Waals surface area contributed by atoms with Crippen LogP contribution >= 0.6 is 0 Å². The summed E-state index contributed by atoms with van der Waals surface area (Å²) in [6.07, 6.45) is 59.8. The zero-order valence-electron chi connectivity index (χ0n) is 37.2. The van der Waals surface area contributed by atoms with E-state index in [0.717, 1.165) is 13.1 Å². The van der Waals surface area contributed by atoms with Gasteiger partial charge in [-0.3, -0.25) is 4.79 Å². The van der Waals surface area contributed by atoms with Gasteiger partial charge < -0.3 is 10.0 Å². The van der Waals surface area contributed by atoms with E-state index < -0.39 is 5.97 Å². The summed E-state index contributed by atoms with van der Waals surface area (Å²) < 4.78 is 0. The van der Waals surface area contributed by atoms with E-state index in [1.54, 1.807) is 0 Å². The van der Waals surface area contributed by atoms with Crippen molar-refractivity contribution < 1.29 is 9.90 Å². The Morgan fingerprint density at radius 3 is 0.679 bits per heavy atom. The lowest BCUT2D eigenvalue weighted by molar-refractivity contribution is -0.138.